The maximum atomic E-state index is 13.4. The van der Waals surface area contributed by atoms with Crippen molar-refractivity contribution in [3.05, 3.63) is 40.7 Å². The highest BCUT2D eigenvalue weighted by molar-refractivity contribution is 7.91. The van der Waals surface area contributed by atoms with Crippen molar-refractivity contribution >= 4 is 27.6 Å². The molecule has 2 aliphatic carbocycles. The second-order valence-electron chi connectivity index (χ2n) is 8.89. The summed E-state index contributed by atoms with van der Waals surface area (Å²) in [4.78, 5) is 13.0. The molecule has 1 saturated heterocycles. The van der Waals surface area contributed by atoms with Crippen LogP contribution in [0.3, 0.4) is 0 Å². The van der Waals surface area contributed by atoms with Crippen molar-refractivity contribution in [1.29, 1.82) is 0 Å². The van der Waals surface area contributed by atoms with E-state index in [0.717, 1.165) is 72.0 Å². The number of halogens is 2. The van der Waals surface area contributed by atoms with Gasteiger partial charge in [-0.3, -0.25) is 0 Å². The smallest absolute Gasteiger partial charge is 0.334 e. The summed E-state index contributed by atoms with van der Waals surface area (Å²) < 4.78 is 61.7. The first-order chi connectivity index (χ1) is 16.3. The maximum Gasteiger partial charge on any atom is 0.334 e. The molecule has 9 nitrogen and oxygen atoms in total. The van der Waals surface area contributed by atoms with E-state index in [1.165, 1.54) is 11.1 Å². The highest BCUT2D eigenvalue weighted by Gasteiger charge is 2.35. The number of nitrogens with one attached hydrogen (secondary N) is 2. The molecule has 1 aliphatic heterocycles. The quantitative estimate of drug-likeness (QED) is 0.640. The van der Waals surface area contributed by atoms with Crippen LogP contribution in [0.2, 0.25) is 0 Å². The lowest BCUT2D eigenvalue weighted by molar-refractivity contribution is 0.0566. The van der Waals surface area contributed by atoms with Crippen molar-refractivity contribution in [2.75, 3.05) is 22.8 Å². The van der Waals surface area contributed by atoms with Crippen molar-refractivity contribution in [3.63, 3.8) is 0 Å². The summed E-state index contributed by atoms with van der Waals surface area (Å²) in [5.74, 6) is 0. The van der Waals surface area contributed by atoms with Crippen LogP contribution < -0.4 is 14.3 Å². The number of ether oxygens (including phenoxy) is 1. The van der Waals surface area contributed by atoms with Crippen LogP contribution in [-0.4, -0.2) is 43.5 Å². The first-order valence-electron chi connectivity index (χ1n) is 11.5. The molecule has 2 amide bonds. The number of nitrogens with zero attached hydrogens (tertiary/aromatic N) is 3. The first kappa shape index (κ1) is 23.0. The van der Waals surface area contributed by atoms with E-state index in [1.54, 1.807) is 0 Å². The van der Waals surface area contributed by atoms with Gasteiger partial charge < -0.3 is 10.1 Å². The summed E-state index contributed by atoms with van der Waals surface area (Å²) >= 11 is 0. The molecule has 1 aromatic heterocycles. The van der Waals surface area contributed by atoms with Crippen molar-refractivity contribution in [1.82, 2.24) is 14.5 Å². The molecule has 0 bridgehead atoms. The number of anilines is 2. The third-order valence-electron chi connectivity index (χ3n) is 6.76. The number of hydrogen-bond acceptors (Lipinski definition) is 5. The zero-order valence-corrected chi connectivity index (χ0v) is 19.4. The summed E-state index contributed by atoms with van der Waals surface area (Å²) in [5, 5.41) is 6.38. The van der Waals surface area contributed by atoms with Gasteiger partial charge in [-0.1, -0.05) is 6.07 Å². The lowest BCUT2D eigenvalue weighted by Gasteiger charge is -2.33. The van der Waals surface area contributed by atoms with E-state index >= 15 is 0 Å². The Morgan fingerprint density at radius 2 is 1.76 bits per heavy atom. The normalized spacial score (nSPS) is 18.1. The zero-order valence-electron chi connectivity index (χ0n) is 18.6. The van der Waals surface area contributed by atoms with E-state index in [4.69, 9.17) is 4.74 Å². The number of carbonyl (C=O) groups is 1. The number of benzene rings is 1. The van der Waals surface area contributed by atoms with Crippen LogP contribution in [0.25, 0.3) is 0 Å². The lowest BCUT2D eigenvalue weighted by atomic mass is 9.99. The Labute approximate surface area is 196 Å². The third-order valence-corrected chi connectivity index (χ3v) is 8.23. The van der Waals surface area contributed by atoms with Crippen LogP contribution in [-0.2, 0) is 40.6 Å². The molecule has 2 aromatic rings. The summed E-state index contributed by atoms with van der Waals surface area (Å²) in [6.45, 7) is -2.26. The van der Waals surface area contributed by atoms with E-state index in [9.17, 15) is 22.0 Å². The van der Waals surface area contributed by atoms with E-state index < -0.39 is 28.8 Å². The van der Waals surface area contributed by atoms with Crippen molar-refractivity contribution in [3.8, 4) is 0 Å². The van der Waals surface area contributed by atoms with Crippen LogP contribution in [0, 0.1) is 0 Å². The number of fused-ring (bicyclic) bond motifs is 2. The van der Waals surface area contributed by atoms with Gasteiger partial charge in [0.25, 0.3) is 0 Å². The second-order valence-corrected chi connectivity index (χ2v) is 10.4. The molecule has 0 unspecified atom stereocenters. The highest BCUT2D eigenvalue weighted by Crippen LogP contribution is 2.38. The van der Waals surface area contributed by atoms with Gasteiger partial charge in [-0.05, 0) is 73.6 Å². The Hall–Kier alpha value is -2.73. The van der Waals surface area contributed by atoms with Gasteiger partial charge >= 0.3 is 22.8 Å². The Balaban J connectivity index is 1.41. The molecule has 184 valence electrons. The molecule has 0 spiro atoms. The molecule has 5 rings (SSSR count). The minimum Gasteiger partial charge on any atom is -0.381 e. The topological polar surface area (TPSA) is 106 Å². The number of aromatic nitrogens is 2. The second kappa shape index (κ2) is 9.14. The standard InChI is InChI=1S/C22H27F2N5O4S/c23-21(24)28-13-17(12-25-28)29(16-7-9-33-10-8-16)34(31,32)27-22(30)26-20-18-5-1-3-14(18)11-15-4-2-6-19(15)20/h11-13,16,21H,1-10H2,(H2,26,27,30). The van der Waals surface area contributed by atoms with E-state index in [2.05, 4.69) is 21.2 Å². The summed E-state index contributed by atoms with van der Waals surface area (Å²) in [7, 11) is -4.42. The summed E-state index contributed by atoms with van der Waals surface area (Å²) in [6.07, 6.45) is 8.33. The SMILES string of the molecule is O=C(Nc1c2c(cc3c1CCC3)CCC2)NS(=O)(=O)N(c1cnn(C(F)F)c1)C1CCOCC1. The van der Waals surface area contributed by atoms with Crippen LogP contribution >= 0.6 is 0 Å². The number of hydrogen-bond donors (Lipinski definition) is 2. The van der Waals surface area contributed by atoms with Gasteiger partial charge in [0.15, 0.2) is 0 Å². The average molecular weight is 496 g/mol. The molecule has 2 heterocycles. The Bertz CT molecular complexity index is 1160. The van der Waals surface area contributed by atoms with Crippen LogP contribution in [0.15, 0.2) is 18.5 Å². The molecular formula is C22H27F2N5O4S. The van der Waals surface area contributed by atoms with E-state index in [-0.39, 0.29) is 5.69 Å². The van der Waals surface area contributed by atoms with Crippen molar-refractivity contribution in [2.24, 2.45) is 0 Å². The Kier molecular flexibility index (Phi) is 6.19. The van der Waals surface area contributed by atoms with Crippen molar-refractivity contribution < 1.29 is 26.7 Å². The van der Waals surface area contributed by atoms with E-state index in [1.807, 2.05) is 0 Å². The minimum absolute atomic E-state index is 0.0333. The van der Waals surface area contributed by atoms with Gasteiger partial charge in [0.2, 0.25) is 0 Å². The molecule has 2 N–H and O–H groups in total. The monoisotopic (exact) mass is 495 g/mol. The molecule has 1 aromatic carbocycles. The lowest BCUT2D eigenvalue weighted by Crippen LogP contribution is -2.51. The Morgan fingerprint density at radius 1 is 1.12 bits per heavy atom. The first-order valence-corrected chi connectivity index (χ1v) is 13.0. The van der Waals surface area contributed by atoms with Gasteiger partial charge in [-0.25, -0.2) is 18.5 Å². The Morgan fingerprint density at radius 3 is 2.35 bits per heavy atom. The van der Waals surface area contributed by atoms with E-state index in [0.29, 0.717) is 30.7 Å². The predicted molar refractivity (Wildman–Crippen MR) is 121 cm³/mol. The summed E-state index contributed by atoms with van der Waals surface area (Å²) in [6, 6.07) is 0.796. The third kappa shape index (κ3) is 4.36. The number of alkyl halides is 2. The van der Waals surface area contributed by atoms with Gasteiger partial charge in [0.1, 0.15) is 0 Å². The van der Waals surface area contributed by atoms with Gasteiger partial charge in [-0.2, -0.15) is 22.3 Å². The van der Waals surface area contributed by atoms with Crippen LogP contribution in [0.5, 0.6) is 0 Å². The molecular weight excluding hydrogens is 468 g/mol. The molecule has 0 saturated carbocycles. The number of rotatable bonds is 6. The molecule has 0 atom stereocenters. The maximum absolute atomic E-state index is 13.4. The highest BCUT2D eigenvalue weighted by atomic mass is 32.2. The van der Waals surface area contributed by atoms with Gasteiger partial charge in [-0.15, -0.1) is 0 Å². The van der Waals surface area contributed by atoms with Crippen LogP contribution in [0.1, 0.15) is 54.5 Å². The number of carbonyl (C=O) groups excluding carboxylic acids is 1. The molecule has 12 heteroatoms. The minimum atomic E-state index is -4.42. The number of urea groups is 1. The average Bonchev–Trinajstić information content (AvgIpc) is 3.54. The largest absolute Gasteiger partial charge is 0.381 e. The van der Waals surface area contributed by atoms with Crippen molar-refractivity contribution in [2.45, 2.75) is 64.0 Å². The fourth-order valence-corrected chi connectivity index (χ4v) is 6.65. The molecule has 0 radical (unpaired) electrons. The van der Waals surface area contributed by atoms with Gasteiger partial charge in [0.05, 0.1) is 24.1 Å². The van der Waals surface area contributed by atoms with Gasteiger partial charge in [0, 0.05) is 18.9 Å². The number of aryl methyl sites for hydroxylation is 2. The predicted octanol–water partition coefficient (Wildman–Crippen LogP) is 3.31. The fraction of sp³-hybridized carbons (Fsp3) is 0.545. The zero-order chi connectivity index (χ0) is 23.9. The fourth-order valence-electron chi connectivity index (χ4n) is 5.29. The number of amides is 2. The molecule has 3 aliphatic rings. The summed E-state index contributed by atoms with van der Waals surface area (Å²) in [5.41, 5.74) is 5.26. The molecule has 34 heavy (non-hydrogen) atoms. The van der Waals surface area contributed by atoms with Crippen LogP contribution in [0.4, 0.5) is 25.0 Å². The molecule has 1 fully saturated rings.